The molecule has 0 aliphatic heterocycles. The van der Waals surface area contributed by atoms with Gasteiger partial charge in [0, 0.05) is 24.1 Å². The van der Waals surface area contributed by atoms with Crippen molar-refractivity contribution in [1.82, 2.24) is 4.98 Å². The lowest BCUT2D eigenvalue weighted by Crippen LogP contribution is -2.06. The second-order valence-corrected chi connectivity index (χ2v) is 3.51. The lowest BCUT2D eigenvalue weighted by molar-refractivity contribution is -0.118. The molecule has 1 aromatic rings. The number of carbonyl (C=O) groups excluding carboxylic acids is 1. The number of Topliss-reactive ketones (excluding diaryl/α,β-unsaturated/α-hetero) is 1. The molecule has 1 aliphatic rings. The zero-order valence-corrected chi connectivity index (χ0v) is 8.19. The maximum Gasteiger partial charge on any atom is 0.216 e. The van der Waals surface area contributed by atoms with Gasteiger partial charge in [-0.05, 0) is 18.9 Å². The fraction of sp³-hybridized carbons (Fsp3) is 0.455. The zero-order chi connectivity index (χ0) is 9.97. The molecule has 0 N–H and O–H groups in total. The molecule has 14 heavy (non-hydrogen) atoms. The van der Waals surface area contributed by atoms with Crippen LogP contribution in [0.1, 0.15) is 30.7 Å². The minimum absolute atomic E-state index is 0.0126. The Labute approximate surface area is 83.1 Å². The second-order valence-electron chi connectivity index (χ2n) is 3.51. The lowest BCUT2D eigenvalue weighted by Gasteiger charge is -2.11. The normalized spacial score (nSPS) is 21.2. The summed E-state index contributed by atoms with van der Waals surface area (Å²) in [4.78, 5) is 15.7. The van der Waals surface area contributed by atoms with Gasteiger partial charge in [-0.1, -0.05) is 6.07 Å². The summed E-state index contributed by atoms with van der Waals surface area (Å²) < 4.78 is 5.14. The number of hydrogen-bond donors (Lipinski definition) is 0. The second kappa shape index (κ2) is 3.78. The summed E-state index contributed by atoms with van der Waals surface area (Å²) in [6.45, 7) is 0. The van der Waals surface area contributed by atoms with Crippen LogP contribution >= 0.6 is 0 Å². The minimum atomic E-state index is 0.0126. The third-order valence-corrected chi connectivity index (χ3v) is 2.67. The average Bonchev–Trinajstić information content (AvgIpc) is 2.64. The smallest absolute Gasteiger partial charge is 0.216 e. The van der Waals surface area contributed by atoms with Crippen LogP contribution in [-0.2, 0) is 4.79 Å². The van der Waals surface area contributed by atoms with E-state index in [0.717, 1.165) is 18.4 Å². The van der Waals surface area contributed by atoms with Crippen molar-refractivity contribution >= 4 is 5.78 Å². The highest BCUT2D eigenvalue weighted by atomic mass is 16.5. The Morgan fingerprint density at radius 2 is 2.43 bits per heavy atom. The van der Waals surface area contributed by atoms with Gasteiger partial charge in [0.1, 0.15) is 5.78 Å². The molecule has 0 bridgehead atoms. The summed E-state index contributed by atoms with van der Waals surface area (Å²) in [5.41, 5.74) is 0.942. The summed E-state index contributed by atoms with van der Waals surface area (Å²) in [5.74, 6) is 0.919. The fourth-order valence-corrected chi connectivity index (χ4v) is 1.98. The number of hydrogen-bond acceptors (Lipinski definition) is 3. The first-order valence-electron chi connectivity index (χ1n) is 4.84. The molecule has 3 heteroatoms. The number of aromatic nitrogens is 1. The Kier molecular flexibility index (Phi) is 2.48. The molecule has 0 aromatic carbocycles. The first-order valence-corrected chi connectivity index (χ1v) is 4.84. The van der Waals surface area contributed by atoms with Crippen LogP contribution in [0.15, 0.2) is 18.3 Å². The molecule has 74 valence electrons. The molecular formula is C11H13NO2. The van der Waals surface area contributed by atoms with E-state index in [2.05, 4.69) is 4.98 Å². The number of rotatable bonds is 2. The maximum atomic E-state index is 11.6. The highest BCUT2D eigenvalue weighted by Crippen LogP contribution is 2.34. The SMILES string of the molecule is COc1ncccc1C1CCCC1=O. The van der Waals surface area contributed by atoms with E-state index in [1.807, 2.05) is 12.1 Å². The van der Waals surface area contributed by atoms with Crippen molar-refractivity contribution < 1.29 is 9.53 Å². The van der Waals surface area contributed by atoms with Gasteiger partial charge in [-0.2, -0.15) is 0 Å². The van der Waals surface area contributed by atoms with Gasteiger partial charge in [0.15, 0.2) is 0 Å². The molecule has 1 heterocycles. The molecule has 0 spiro atoms. The van der Waals surface area contributed by atoms with Crippen molar-refractivity contribution in [1.29, 1.82) is 0 Å². The molecule has 1 aromatic heterocycles. The zero-order valence-electron chi connectivity index (χ0n) is 8.19. The Bertz CT molecular complexity index is 349. The van der Waals surface area contributed by atoms with Crippen molar-refractivity contribution in [2.24, 2.45) is 0 Å². The summed E-state index contributed by atoms with van der Waals surface area (Å²) in [6.07, 6.45) is 4.30. The Hall–Kier alpha value is -1.38. The highest BCUT2D eigenvalue weighted by Gasteiger charge is 2.28. The summed E-state index contributed by atoms with van der Waals surface area (Å²) in [5, 5.41) is 0. The molecule has 0 saturated heterocycles. The predicted molar refractivity (Wildman–Crippen MR) is 52.4 cm³/mol. The molecule has 2 rings (SSSR count). The first kappa shape index (κ1) is 9.19. The van der Waals surface area contributed by atoms with Gasteiger partial charge >= 0.3 is 0 Å². The van der Waals surface area contributed by atoms with Gasteiger partial charge < -0.3 is 4.74 Å². The van der Waals surface area contributed by atoms with Gasteiger partial charge in [0.2, 0.25) is 5.88 Å². The molecule has 1 unspecified atom stereocenters. The average molecular weight is 191 g/mol. The maximum absolute atomic E-state index is 11.6. The number of ketones is 1. The van der Waals surface area contributed by atoms with Gasteiger partial charge in [-0.25, -0.2) is 4.98 Å². The van der Waals surface area contributed by atoms with Gasteiger partial charge in [-0.15, -0.1) is 0 Å². The summed E-state index contributed by atoms with van der Waals surface area (Å²) in [6, 6.07) is 3.78. The largest absolute Gasteiger partial charge is 0.481 e. The van der Waals surface area contributed by atoms with Gasteiger partial charge in [0.05, 0.1) is 7.11 Å². The predicted octanol–water partition coefficient (Wildman–Crippen LogP) is 1.93. The Balaban J connectivity index is 2.35. The van der Waals surface area contributed by atoms with E-state index in [9.17, 15) is 4.79 Å². The molecule has 1 fully saturated rings. The summed E-state index contributed by atoms with van der Waals surface area (Å²) >= 11 is 0. The van der Waals surface area contributed by atoms with E-state index in [-0.39, 0.29) is 5.92 Å². The van der Waals surface area contributed by atoms with Crippen molar-refractivity contribution in [2.45, 2.75) is 25.2 Å². The molecular weight excluding hydrogens is 178 g/mol. The van der Waals surface area contributed by atoms with Crippen LogP contribution in [0.2, 0.25) is 0 Å². The molecule has 0 radical (unpaired) electrons. The third kappa shape index (κ3) is 1.50. The Morgan fingerprint density at radius 3 is 3.07 bits per heavy atom. The van der Waals surface area contributed by atoms with Crippen LogP contribution in [-0.4, -0.2) is 17.9 Å². The molecule has 0 amide bonds. The van der Waals surface area contributed by atoms with E-state index in [1.54, 1.807) is 13.3 Å². The number of carbonyl (C=O) groups is 1. The monoisotopic (exact) mass is 191 g/mol. The van der Waals surface area contributed by atoms with Crippen LogP contribution in [0.25, 0.3) is 0 Å². The van der Waals surface area contributed by atoms with Crippen molar-refractivity contribution in [2.75, 3.05) is 7.11 Å². The standard InChI is InChI=1S/C11H13NO2/c1-14-11-9(5-3-7-12-11)8-4-2-6-10(8)13/h3,5,7-8H,2,4,6H2,1H3. The number of pyridine rings is 1. The van der Waals surface area contributed by atoms with Crippen LogP contribution in [0.3, 0.4) is 0 Å². The van der Waals surface area contributed by atoms with Crippen molar-refractivity contribution in [3.63, 3.8) is 0 Å². The van der Waals surface area contributed by atoms with Crippen molar-refractivity contribution in [3.8, 4) is 5.88 Å². The highest BCUT2D eigenvalue weighted by molar-refractivity contribution is 5.88. The van der Waals surface area contributed by atoms with E-state index in [0.29, 0.717) is 18.1 Å². The number of nitrogens with zero attached hydrogens (tertiary/aromatic N) is 1. The number of methoxy groups -OCH3 is 1. The topological polar surface area (TPSA) is 39.2 Å². The van der Waals surface area contributed by atoms with Crippen LogP contribution < -0.4 is 4.74 Å². The van der Waals surface area contributed by atoms with E-state index in [4.69, 9.17) is 4.74 Å². The minimum Gasteiger partial charge on any atom is -0.481 e. The van der Waals surface area contributed by atoms with Crippen molar-refractivity contribution in [3.05, 3.63) is 23.9 Å². The molecule has 1 saturated carbocycles. The van der Waals surface area contributed by atoms with Gasteiger partial charge in [-0.3, -0.25) is 4.79 Å². The van der Waals surface area contributed by atoms with Crippen LogP contribution in [0.5, 0.6) is 5.88 Å². The third-order valence-electron chi connectivity index (χ3n) is 2.67. The van der Waals surface area contributed by atoms with Gasteiger partial charge in [0.25, 0.3) is 0 Å². The van der Waals surface area contributed by atoms with E-state index < -0.39 is 0 Å². The molecule has 1 atom stereocenters. The van der Waals surface area contributed by atoms with E-state index in [1.165, 1.54) is 0 Å². The quantitative estimate of drug-likeness (QED) is 0.717. The first-order chi connectivity index (χ1) is 6.83. The Morgan fingerprint density at radius 1 is 1.57 bits per heavy atom. The molecule has 1 aliphatic carbocycles. The fourth-order valence-electron chi connectivity index (χ4n) is 1.98. The van der Waals surface area contributed by atoms with Crippen LogP contribution in [0.4, 0.5) is 0 Å². The van der Waals surface area contributed by atoms with E-state index >= 15 is 0 Å². The molecule has 3 nitrogen and oxygen atoms in total. The number of ether oxygens (including phenoxy) is 1. The van der Waals surface area contributed by atoms with Crippen LogP contribution in [0, 0.1) is 0 Å². The lowest BCUT2D eigenvalue weighted by atomic mass is 9.98. The summed E-state index contributed by atoms with van der Waals surface area (Å²) in [7, 11) is 1.59.